The topological polar surface area (TPSA) is 73.5 Å². The minimum atomic E-state index is -0.282. The number of ether oxygens (including phenoxy) is 1. The summed E-state index contributed by atoms with van der Waals surface area (Å²) in [5, 5.41) is 16.1. The number of aromatic amines is 1. The number of fused-ring (bicyclic) bond motifs is 1. The summed E-state index contributed by atoms with van der Waals surface area (Å²) in [7, 11) is 2.16. The Labute approximate surface area is 227 Å². The van der Waals surface area contributed by atoms with Gasteiger partial charge in [0.2, 0.25) is 5.91 Å². The first-order valence-electron chi connectivity index (χ1n) is 13.6. The summed E-state index contributed by atoms with van der Waals surface area (Å²) in [6.07, 6.45) is 4.64. The lowest BCUT2D eigenvalue weighted by Gasteiger charge is -2.30. The second-order valence-corrected chi connectivity index (χ2v) is 11.4. The lowest BCUT2D eigenvalue weighted by atomic mass is 10.1. The molecule has 2 fully saturated rings. The van der Waals surface area contributed by atoms with Crippen molar-refractivity contribution in [3.05, 3.63) is 64.9 Å². The highest BCUT2D eigenvalue weighted by atomic mass is 32.1. The van der Waals surface area contributed by atoms with E-state index in [2.05, 4.69) is 62.9 Å². The molecule has 38 heavy (non-hydrogen) atoms. The van der Waals surface area contributed by atoms with Gasteiger partial charge >= 0.3 is 0 Å². The number of carbonyl (C=O) groups excluding carboxylic acids is 1. The molecule has 2 aliphatic rings. The third-order valence-corrected chi connectivity index (χ3v) is 8.67. The Morgan fingerprint density at radius 2 is 1.92 bits per heavy atom. The van der Waals surface area contributed by atoms with E-state index in [1.54, 1.807) is 11.3 Å². The molecule has 4 aromatic rings. The monoisotopic (exact) mass is 529 g/mol. The molecule has 2 saturated heterocycles. The van der Waals surface area contributed by atoms with Crippen molar-refractivity contribution in [3.63, 3.8) is 0 Å². The van der Waals surface area contributed by atoms with Crippen molar-refractivity contribution in [2.24, 2.45) is 0 Å². The quantitative estimate of drug-likeness (QED) is 0.311. The van der Waals surface area contributed by atoms with E-state index in [0.29, 0.717) is 6.04 Å². The average molecular weight is 530 g/mol. The van der Waals surface area contributed by atoms with Crippen molar-refractivity contribution in [2.75, 3.05) is 32.0 Å². The number of nitrogens with zero attached hydrogens (tertiary/aromatic N) is 3. The fraction of sp³-hybridized carbons (Fsp3) is 0.400. The Kier molecular flexibility index (Phi) is 7.19. The van der Waals surface area contributed by atoms with Crippen LogP contribution in [0.25, 0.3) is 22.2 Å². The van der Waals surface area contributed by atoms with Gasteiger partial charge in [0.05, 0.1) is 11.2 Å². The van der Waals surface area contributed by atoms with Crippen LogP contribution in [0, 0.1) is 0 Å². The lowest BCUT2D eigenvalue weighted by molar-refractivity contribution is -0.121. The van der Waals surface area contributed by atoms with Crippen LogP contribution in [-0.2, 0) is 4.79 Å². The highest BCUT2D eigenvalue weighted by Crippen LogP contribution is 2.33. The molecule has 7 nitrogen and oxygen atoms in total. The molecule has 0 saturated carbocycles. The smallest absolute Gasteiger partial charge is 0.246 e. The van der Waals surface area contributed by atoms with Gasteiger partial charge in [0.1, 0.15) is 17.9 Å². The number of amides is 1. The van der Waals surface area contributed by atoms with Crippen LogP contribution in [0.4, 0.5) is 5.69 Å². The number of rotatable bonds is 7. The molecule has 8 heteroatoms. The predicted molar refractivity (Wildman–Crippen MR) is 154 cm³/mol. The van der Waals surface area contributed by atoms with E-state index in [0.717, 1.165) is 84.5 Å². The molecule has 0 radical (unpaired) electrons. The summed E-state index contributed by atoms with van der Waals surface area (Å²) < 4.78 is 6.22. The molecule has 4 heterocycles. The predicted octanol–water partition coefficient (Wildman–Crippen LogP) is 5.93. The van der Waals surface area contributed by atoms with E-state index >= 15 is 0 Å². The van der Waals surface area contributed by atoms with Crippen LogP contribution in [0.3, 0.4) is 0 Å². The number of carbonyl (C=O) groups is 1. The average Bonchev–Trinajstić information content (AvgIpc) is 3.69. The van der Waals surface area contributed by atoms with Crippen molar-refractivity contribution >= 4 is 33.8 Å². The largest absolute Gasteiger partial charge is 0.490 e. The third-order valence-electron chi connectivity index (χ3n) is 7.97. The van der Waals surface area contributed by atoms with Gasteiger partial charge in [0, 0.05) is 35.8 Å². The number of hydrogen-bond donors (Lipinski definition) is 2. The molecule has 2 aromatic carbocycles. The standard InChI is InChI=1S/C30H35N5O2S/c1-20-4-3-14-35(20)29(22-13-17-38-19-22)30(36)31-23-7-10-27-26(18-23)28(33-32-27)21-5-8-24(9-6-21)37-25-11-15-34(2)16-12-25/h5-10,13,17-20,25,29H,3-4,11-12,14-16H2,1-2H3,(H,31,36)(H,32,33). The number of likely N-dealkylation sites (tertiary alicyclic amines) is 2. The zero-order chi connectivity index (χ0) is 26.1. The number of anilines is 1. The fourth-order valence-corrected chi connectivity index (χ4v) is 6.45. The number of thiophene rings is 1. The third kappa shape index (κ3) is 5.21. The number of piperidine rings is 1. The molecule has 0 aliphatic carbocycles. The number of aromatic nitrogens is 2. The van der Waals surface area contributed by atoms with Crippen LogP contribution >= 0.6 is 11.3 Å². The van der Waals surface area contributed by atoms with Crippen molar-refractivity contribution in [1.82, 2.24) is 20.0 Å². The van der Waals surface area contributed by atoms with Crippen molar-refractivity contribution in [3.8, 4) is 17.0 Å². The van der Waals surface area contributed by atoms with E-state index < -0.39 is 0 Å². The van der Waals surface area contributed by atoms with Crippen LogP contribution in [0.15, 0.2) is 59.3 Å². The summed E-state index contributed by atoms with van der Waals surface area (Å²) in [5.74, 6) is 0.906. The molecule has 2 aromatic heterocycles. The molecule has 0 bridgehead atoms. The second kappa shape index (κ2) is 10.9. The first-order chi connectivity index (χ1) is 18.5. The van der Waals surface area contributed by atoms with Crippen LogP contribution in [0.5, 0.6) is 5.75 Å². The van der Waals surface area contributed by atoms with Crippen LogP contribution in [0.2, 0.25) is 0 Å². The minimum Gasteiger partial charge on any atom is -0.490 e. The summed E-state index contributed by atoms with van der Waals surface area (Å²) in [6, 6.07) is 16.3. The first kappa shape index (κ1) is 25.1. The summed E-state index contributed by atoms with van der Waals surface area (Å²) in [5.41, 5.74) is 4.66. The number of H-pyrrole nitrogens is 1. The maximum absolute atomic E-state index is 13.6. The number of benzene rings is 2. The summed E-state index contributed by atoms with van der Waals surface area (Å²) >= 11 is 1.63. The van der Waals surface area contributed by atoms with Gasteiger partial charge in [0.15, 0.2) is 0 Å². The molecule has 1 amide bonds. The molecule has 198 valence electrons. The van der Waals surface area contributed by atoms with E-state index in [1.165, 1.54) is 0 Å². The van der Waals surface area contributed by atoms with Gasteiger partial charge in [-0.15, -0.1) is 0 Å². The molecule has 2 atom stereocenters. The van der Waals surface area contributed by atoms with Gasteiger partial charge in [-0.2, -0.15) is 16.4 Å². The van der Waals surface area contributed by atoms with Crippen LogP contribution in [0.1, 0.15) is 44.2 Å². The molecule has 2 unspecified atom stereocenters. The van der Waals surface area contributed by atoms with Crippen molar-refractivity contribution < 1.29 is 9.53 Å². The SMILES string of the molecule is CC1CCCN1C(C(=O)Nc1ccc2[nH]nc(-c3ccc(OC4CCN(C)CC4)cc3)c2c1)c1ccsc1. The Bertz CT molecular complexity index is 1380. The molecule has 2 aliphatic heterocycles. The van der Waals surface area contributed by atoms with Crippen molar-refractivity contribution in [1.29, 1.82) is 0 Å². The van der Waals surface area contributed by atoms with E-state index in [4.69, 9.17) is 4.74 Å². The Hall–Kier alpha value is -3.20. The lowest BCUT2D eigenvalue weighted by Crippen LogP contribution is -2.39. The first-order valence-corrected chi connectivity index (χ1v) is 14.5. The van der Waals surface area contributed by atoms with Gasteiger partial charge in [-0.25, -0.2) is 0 Å². The highest BCUT2D eigenvalue weighted by molar-refractivity contribution is 7.08. The van der Waals surface area contributed by atoms with Gasteiger partial charge in [-0.05, 0) is 111 Å². The van der Waals surface area contributed by atoms with Gasteiger partial charge in [-0.1, -0.05) is 0 Å². The van der Waals surface area contributed by atoms with Gasteiger partial charge in [-0.3, -0.25) is 14.8 Å². The number of nitrogens with one attached hydrogen (secondary N) is 2. The molecular weight excluding hydrogens is 494 g/mol. The Balaban J connectivity index is 1.20. The maximum Gasteiger partial charge on any atom is 0.246 e. The van der Waals surface area contributed by atoms with Crippen molar-refractivity contribution in [2.45, 2.75) is 50.8 Å². The minimum absolute atomic E-state index is 0.0111. The van der Waals surface area contributed by atoms with E-state index in [1.807, 2.05) is 35.7 Å². The van der Waals surface area contributed by atoms with Crippen LogP contribution < -0.4 is 10.1 Å². The van der Waals surface area contributed by atoms with E-state index in [-0.39, 0.29) is 18.1 Å². The molecule has 2 N–H and O–H groups in total. The molecular formula is C30H35N5O2S. The fourth-order valence-electron chi connectivity index (χ4n) is 5.77. The second-order valence-electron chi connectivity index (χ2n) is 10.7. The van der Waals surface area contributed by atoms with E-state index in [9.17, 15) is 4.79 Å². The zero-order valence-electron chi connectivity index (χ0n) is 22.0. The maximum atomic E-state index is 13.6. The van der Waals surface area contributed by atoms with Gasteiger partial charge < -0.3 is 15.0 Å². The molecule has 0 spiro atoms. The van der Waals surface area contributed by atoms with Crippen LogP contribution in [-0.4, -0.2) is 64.7 Å². The Morgan fingerprint density at radius 3 is 2.63 bits per heavy atom. The highest BCUT2D eigenvalue weighted by Gasteiger charge is 2.34. The number of hydrogen-bond acceptors (Lipinski definition) is 6. The molecule has 6 rings (SSSR count). The Morgan fingerprint density at radius 1 is 1.11 bits per heavy atom. The summed E-state index contributed by atoms with van der Waals surface area (Å²) in [6.45, 7) is 5.31. The summed E-state index contributed by atoms with van der Waals surface area (Å²) in [4.78, 5) is 18.3. The van der Waals surface area contributed by atoms with Gasteiger partial charge in [0.25, 0.3) is 0 Å². The zero-order valence-corrected chi connectivity index (χ0v) is 22.8. The normalized spacial score (nSPS) is 20.1.